The molecule has 1 saturated heterocycles. The normalized spacial score (nSPS) is 21.4. The molecule has 0 amide bonds. The zero-order chi connectivity index (χ0) is 11.8. The van der Waals surface area contributed by atoms with Crippen LogP contribution < -0.4 is 0 Å². The Bertz CT molecular complexity index is 536. The highest BCUT2D eigenvalue weighted by Crippen LogP contribution is 2.27. The molecule has 1 fully saturated rings. The van der Waals surface area contributed by atoms with E-state index in [0.717, 1.165) is 29.2 Å². The number of halogens is 1. The second kappa shape index (κ2) is 4.38. The SMILES string of the molecule is CCN1CCC(c2nnc3cccc(Br)n23)C1. The Kier molecular flexibility index (Phi) is 2.88. The minimum absolute atomic E-state index is 0.503. The molecule has 1 atom stereocenters. The Balaban J connectivity index is 2.01. The maximum atomic E-state index is 4.36. The fourth-order valence-electron chi connectivity index (χ4n) is 2.52. The summed E-state index contributed by atoms with van der Waals surface area (Å²) in [6.07, 6.45) is 1.18. The first kappa shape index (κ1) is 11.2. The van der Waals surface area contributed by atoms with Crippen LogP contribution in [0, 0.1) is 0 Å². The fraction of sp³-hybridized carbons (Fsp3) is 0.500. The zero-order valence-corrected chi connectivity index (χ0v) is 11.4. The summed E-state index contributed by atoms with van der Waals surface area (Å²) in [4.78, 5) is 2.46. The summed E-state index contributed by atoms with van der Waals surface area (Å²) in [6.45, 7) is 5.59. The van der Waals surface area contributed by atoms with Gasteiger partial charge in [-0.1, -0.05) is 13.0 Å². The summed E-state index contributed by atoms with van der Waals surface area (Å²) in [5, 5.41) is 8.60. The van der Waals surface area contributed by atoms with Gasteiger partial charge in [0.25, 0.3) is 0 Å². The van der Waals surface area contributed by atoms with E-state index in [4.69, 9.17) is 0 Å². The second-order valence-corrected chi connectivity index (χ2v) is 5.29. The van der Waals surface area contributed by atoms with Crippen molar-refractivity contribution in [2.75, 3.05) is 19.6 Å². The van der Waals surface area contributed by atoms with Gasteiger partial charge in [0.2, 0.25) is 0 Å². The Morgan fingerprint density at radius 1 is 1.41 bits per heavy atom. The highest BCUT2D eigenvalue weighted by molar-refractivity contribution is 9.10. The van der Waals surface area contributed by atoms with Gasteiger partial charge in [0.15, 0.2) is 5.65 Å². The quantitative estimate of drug-likeness (QED) is 0.797. The number of likely N-dealkylation sites (N-methyl/N-ethyl adjacent to an activating group) is 1. The van der Waals surface area contributed by atoms with Crippen LogP contribution >= 0.6 is 15.9 Å². The molecule has 0 saturated carbocycles. The van der Waals surface area contributed by atoms with Crippen molar-refractivity contribution in [2.45, 2.75) is 19.3 Å². The van der Waals surface area contributed by atoms with Crippen molar-refractivity contribution < 1.29 is 0 Å². The molecule has 3 rings (SSSR count). The van der Waals surface area contributed by atoms with Gasteiger partial charge in [0.1, 0.15) is 5.82 Å². The molecule has 90 valence electrons. The van der Waals surface area contributed by atoms with Gasteiger partial charge >= 0.3 is 0 Å². The van der Waals surface area contributed by atoms with E-state index < -0.39 is 0 Å². The van der Waals surface area contributed by atoms with Crippen LogP contribution in [0.3, 0.4) is 0 Å². The molecule has 2 aromatic rings. The Labute approximate surface area is 109 Å². The summed E-state index contributed by atoms with van der Waals surface area (Å²) in [6, 6.07) is 6.02. The third-order valence-corrected chi connectivity index (χ3v) is 4.11. The predicted molar refractivity (Wildman–Crippen MR) is 70.2 cm³/mol. The number of fused-ring (bicyclic) bond motifs is 1. The van der Waals surface area contributed by atoms with Crippen LogP contribution in [-0.4, -0.2) is 39.1 Å². The van der Waals surface area contributed by atoms with E-state index in [0.29, 0.717) is 5.92 Å². The Hall–Kier alpha value is -0.940. The number of nitrogens with zero attached hydrogens (tertiary/aromatic N) is 4. The lowest BCUT2D eigenvalue weighted by atomic mass is 10.1. The van der Waals surface area contributed by atoms with E-state index in [-0.39, 0.29) is 0 Å². The molecule has 1 aliphatic rings. The number of rotatable bonds is 2. The van der Waals surface area contributed by atoms with Gasteiger partial charge in [-0.15, -0.1) is 10.2 Å². The molecule has 3 heterocycles. The van der Waals surface area contributed by atoms with Crippen molar-refractivity contribution in [3.05, 3.63) is 28.6 Å². The summed E-state index contributed by atoms with van der Waals surface area (Å²) < 4.78 is 3.15. The van der Waals surface area contributed by atoms with E-state index in [1.54, 1.807) is 0 Å². The molecule has 17 heavy (non-hydrogen) atoms. The Morgan fingerprint density at radius 2 is 2.29 bits per heavy atom. The number of hydrogen-bond donors (Lipinski definition) is 0. The van der Waals surface area contributed by atoms with Crippen LogP contribution in [0.4, 0.5) is 0 Å². The van der Waals surface area contributed by atoms with Gasteiger partial charge in [-0.05, 0) is 47.6 Å². The molecule has 0 aromatic carbocycles. The van der Waals surface area contributed by atoms with Crippen LogP contribution in [0.2, 0.25) is 0 Å². The molecule has 0 aliphatic carbocycles. The van der Waals surface area contributed by atoms with E-state index in [2.05, 4.69) is 42.4 Å². The minimum atomic E-state index is 0.503. The number of aromatic nitrogens is 3. The highest BCUT2D eigenvalue weighted by Gasteiger charge is 2.27. The molecular formula is C12H15BrN4. The maximum Gasteiger partial charge on any atom is 0.161 e. The van der Waals surface area contributed by atoms with Gasteiger partial charge in [0.05, 0.1) is 4.60 Å². The molecule has 0 N–H and O–H groups in total. The molecule has 0 bridgehead atoms. The largest absolute Gasteiger partial charge is 0.303 e. The van der Waals surface area contributed by atoms with E-state index in [9.17, 15) is 0 Å². The average Bonchev–Trinajstić information content (AvgIpc) is 2.94. The number of hydrogen-bond acceptors (Lipinski definition) is 3. The first-order valence-electron chi connectivity index (χ1n) is 6.01. The predicted octanol–water partition coefficient (Wildman–Crippen LogP) is 2.30. The van der Waals surface area contributed by atoms with Gasteiger partial charge in [0, 0.05) is 12.5 Å². The standard InChI is InChI=1S/C12H15BrN4/c1-2-16-7-6-9(8-16)12-15-14-11-5-3-4-10(13)17(11)12/h3-5,9H,2,6-8H2,1H3. The van der Waals surface area contributed by atoms with Gasteiger partial charge in [-0.3, -0.25) is 4.40 Å². The molecule has 4 nitrogen and oxygen atoms in total. The highest BCUT2D eigenvalue weighted by atomic mass is 79.9. The monoisotopic (exact) mass is 294 g/mol. The molecule has 2 aromatic heterocycles. The lowest BCUT2D eigenvalue weighted by molar-refractivity contribution is 0.352. The second-order valence-electron chi connectivity index (χ2n) is 4.48. The van der Waals surface area contributed by atoms with Crippen molar-refractivity contribution in [3.8, 4) is 0 Å². The van der Waals surface area contributed by atoms with Crippen molar-refractivity contribution in [1.82, 2.24) is 19.5 Å². The van der Waals surface area contributed by atoms with Crippen molar-refractivity contribution >= 4 is 21.6 Å². The lowest BCUT2D eigenvalue weighted by Gasteiger charge is -2.12. The van der Waals surface area contributed by atoms with Crippen molar-refractivity contribution in [2.24, 2.45) is 0 Å². The molecule has 1 aliphatic heterocycles. The van der Waals surface area contributed by atoms with Gasteiger partial charge in [-0.25, -0.2) is 0 Å². The minimum Gasteiger partial charge on any atom is -0.303 e. The topological polar surface area (TPSA) is 33.4 Å². The van der Waals surface area contributed by atoms with E-state index >= 15 is 0 Å². The van der Waals surface area contributed by atoms with Crippen molar-refractivity contribution in [1.29, 1.82) is 0 Å². The lowest BCUT2D eigenvalue weighted by Crippen LogP contribution is -2.19. The third-order valence-electron chi connectivity index (χ3n) is 3.49. The first-order valence-corrected chi connectivity index (χ1v) is 6.80. The van der Waals surface area contributed by atoms with Crippen LogP contribution in [-0.2, 0) is 0 Å². The molecular weight excluding hydrogens is 280 g/mol. The first-order chi connectivity index (χ1) is 8.29. The van der Waals surface area contributed by atoms with E-state index in [1.165, 1.54) is 13.0 Å². The number of pyridine rings is 1. The summed E-state index contributed by atoms with van der Waals surface area (Å²) in [5.74, 6) is 1.59. The molecule has 1 unspecified atom stereocenters. The Morgan fingerprint density at radius 3 is 3.06 bits per heavy atom. The van der Waals surface area contributed by atoms with Crippen LogP contribution in [0.1, 0.15) is 25.1 Å². The van der Waals surface area contributed by atoms with Crippen LogP contribution in [0.25, 0.3) is 5.65 Å². The van der Waals surface area contributed by atoms with Gasteiger partial charge in [-0.2, -0.15) is 0 Å². The summed E-state index contributed by atoms with van der Waals surface area (Å²) in [5.41, 5.74) is 0.921. The van der Waals surface area contributed by atoms with Gasteiger partial charge < -0.3 is 4.90 Å². The molecule has 0 spiro atoms. The average molecular weight is 295 g/mol. The van der Waals surface area contributed by atoms with Crippen LogP contribution in [0.5, 0.6) is 0 Å². The van der Waals surface area contributed by atoms with Crippen LogP contribution in [0.15, 0.2) is 22.8 Å². The van der Waals surface area contributed by atoms with Crippen molar-refractivity contribution in [3.63, 3.8) is 0 Å². The fourth-order valence-corrected chi connectivity index (χ4v) is 3.03. The smallest absolute Gasteiger partial charge is 0.161 e. The number of likely N-dealkylation sites (tertiary alicyclic amines) is 1. The zero-order valence-electron chi connectivity index (χ0n) is 9.80. The summed E-state index contributed by atoms with van der Waals surface area (Å²) in [7, 11) is 0. The maximum absolute atomic E-state index is 4.36. The molecule has 0 radical (unpaired) electrons. The summed E-state index contributed by atoms with van der Waals surface area (Å²) >= 11 is 3.58. The molecule has 5 heteroatoms. The third kappa shape index (κ3) is 1.87. The van der Waals surface area contributed by atoms with E-state index in [1.807, 2.05) is 18.2 Å².